The maximum atomic E-state index is 12.5. The number of allylic oxidation sites excluding steroid dienone is 3. The highest BCUT2D eigenvalue weighted by Crippen LogP contribution is 2.63. The monoisotopic (exact) mass is 316 g/mol. The minimum absolute atomic E-state index is 0.00276. The van der Waals surface area contributed by atoms with Crippen molar-refractivity contribution in [1.82, 2.24) is 0 Å². The normalized spacial score (nSPS) is 46.2. The first-order chi connectivity index (χ1) is 10.8. The van der Waals surface area contributed by atoms with E-state index in [9.17, 15) is 4.79 Å². The summed E-state index contributed by atoms with van der Waals surface area (Å²) in [5.41, 5.74) is 1.81. The summed E-state index contributed by atoms with van der Waals surface area (Å²) < 4.78 is 5.20. The predicted molar refractivity (Wildman–Crippen MR) is 93.9 cm³/mol. The Balaban J connectivity index is 1.97. The van der Waals surface area contributed by atoms with Crippen molar-refractivity contribution in [2.45, 2.75) is 65.7 Å². The van der Waals surface area contributed by atoms with Crippen LogP contribution in [0.25, 0.3) is 0 Å². The number of ether oxygens (including phenoxy) is 1. The van der Waals surface area contributed by atoms with Crippen molar-refractivity contribution in [3.8, 4) is 0 Å². The summed E-state index contributed by atoms with van der Waals surface area (Å²) in [6.45, 7) is 11.0. The van der Waals surface area contributed by atoms with E-state index in [2.05, 4.69) is 39.5 Å². The Hall–Kier alpha value is -1.05. The third-order valence-electron chi connectivity index (χ3n) is 7.59. The Kier molecular flexibility index (Phi) is 4.01. The molecule has 3 aliphatic carbocycles. The number of rotatable bonds is 2. The van der Waals surface area contributed by atoms with Gasteiger partial charge in [-0.25, -0.2) is 0 Å². The largest absolute Gasteiger partial charge is 0.469 e. The fraction of sp³-hybridized carbons (Fsp3) is 0.762. The van der Waals surface area contributed by atoms with Crippen LogP contribution in [-0.2, 0) is 9.53 Å². The molecule has 2 nitrogen and oxygen atoms in total. The van der Waals surface area contributed by atoms with Crippen molar-refractivity contribution in [1.29, 1.82) is 0 Å². The smallest absolute Gasteiger partial charge is 0.311 e. The highest BCUT2D eigenvalue weighted by molar-refractivity contribution is 5.77. The highest BCUT2D eigenvalue weighted by Gasteiger charge is 2.58. The summed E-state index contributed by atoms with van der Waals surface area (Å²) in [4.78, 5) is 12.5. The van der Waals surface area contributed by atoms with Crippen LogP contribution in [0.5, 0.6) is 0 Å². The van der Waals surface area contributed by atoms with Gasteiger partial charge in [-0.15, -0.1) is 6.58 Å². The second-order valence-corrected chi connectivity index (χ2v) is 8.96. The SMILES string of the molecule is C=C[C@@]1(C)CC[C@@H]2C(=CC[C@H]3[C@@]2(C)CCC[C@@]3(C)C(=O)OC)C1. The molecule has 0 spiro atoms. The molecule has 0 aromatic heterocycles. The number of carbonyl (C=O) groups excluding carboxylic acids is 1. The van der Waals surface area contributed by atoms with Crippen LogP contribution in [0.3, 0.4) is 0 Å². The average molecular weight is 316 g/mol. The van der Waals surface area contributed by atoms with E-state index in [1.54, 1.807) is 12.7 Å². The number of carbonyl (C=O) groups is 1. The first-order valence-electron chi connectivity index (χ1n) is 9.20. The quantitative estimate of drug-likeness (QED) is 0.511. The lowest BCUT2D eigenvalue weighted by atomic mass is 9.45. The fourth-order valence-electron chi connectivity index (χ4n) is 6.09. The first kappa shape index (κ1) is 16.8. The summed E-state index contributed by atoms with van der Waals surface area (Å²) >= 11 is 0. The van der Waals surface area contributed by atoms with Gasteiger partial charge >= 0.3 is 5.97 Å². The van der Waals surface area contributed by atoms with Crippen molar-refractivity contribution in [2.24, 2.45) is 28.1 Å². The van der Waals surface area contributed by atoms with Crippen molar-refractivity contribution < 1.29 is 9.53 Å². The standard InChI is InChI=1S/C21H32O2/c1-6-19(2)13-10-16-15(14-19)8-9-17-20(16,3)11-7-12-21(17,4)18(22)23-5/h6,8,16-17H,1,7,9-14H2,2-5H3/t16-,17+,19+,20+,21-/m1/s1. The van der Waals surface area contributed by atoms with Gasteiger partial charge in [0.15, 0.2) is 0 Å². The Bertz CT molecular complexity index is 548. The zero-order valence-corrected chi connectivity index (χ0v) is 15.3. The van der Waals surface area contributed by atoms with E-state index >= 15 is 0 Å². The Morgan fingerprint density at radius 2 is 2.04 bits per heavy atom. The molecule has 0 saturated heterocycles. The molecule has 128 valence electrons. The Morgan fingerprint density at radius 3 is 2.70 bits per heavy atom. The topological polar surface area (TPSA) is 26.3 Å². The number of hydrogen-bond donors (Lipinski definition) is 0. The molecular weight excluding hydrogens is 284 g/mol. The zero-order chi connectivity index (χ0) is 16.9. The lowest BCUT2D eigenvalue weighted by molar-refractivity contribution is -0.166. The summed E-state index contributed by atoms with van der Waals surface area (Å²) in [6.07, 6.45) is 12.6. The van der Waals surface area contributed by atoms with Crippen LogP contribution in [0.1, 0.15) is 65.7 Å². The van der Waals surface area contributed by atoms with E-state index < -0.39 is 0 Å². The minimum Gasteiger partial charge on any atom is -0.469 e. The van der Waals surface area contributed by atoms with Crippen LogP contribution in [-0.4, -0.2) is 13.1 Å². The average Bonchev–Trinajstić information content (AvgIpc) is 2.53. The summed E-state index contributed by atoms with van der Waals surface area (Å²) in [7, 11) is 1.54. The molecule has 2 saturated carbocycles. The first-order valence-corrected chi connectivity index (χ1v) is 9.20. The van der Waals surface area contributed by atoms with E-state index in [1.807, 2.05) is 0 Å². The summed E-state index contributed by atoms with van der Waals surface area (Å²) in [5.74, 6) is 1.05. The zero-order valence-electron chi connectivity index (χ0n) is 15.3. The van der Waals surface area contributed by atoms with E-state index in [4.69, 9.17) is 4.74 Å². The third-order valence-corrected chi connectivity index (χ3v) is 7.59. The number of fused-ring (bicyclic) bond motifs is 3. The highest BCUT2D eigenvalue weighted by atomic mass is 16.5. The molecule has 5 atom stereocenters. The van der Waals surface area contributed by atoms with Gasteiger partial charge in [0.2, 0.25) is 0 Å². The Labute approximate surface area is 141 Å². The number of esters is 1. The maximum Gasteiger partial charge on any atom is 0.311 e. The van der Waals surface area contributed by atoms with Crippen LogP contribution in [0, 0.1) is 28.1 Å². The number of hydrogen-bond acceptors (Lipinski definition) is 2. The van der Waals surface area contributed by atoms with Crippen LogP contribution in [0.2, 0.25) is 0 Å². The van der Waals surface area contributed by atoms with Crippen LogP contribution in [0.15, 0.2) is 24.3 Å². The van der Waals surface area contributed by atoms with Gasteiger partial charge in [-0.05, 0) is 68.1 Å². The minimum atomic E-state index is -0.317. The van der Waals surface area contributed by atoms with Crippen molar-refractivity contribution in [3.63, 3.8) is 0 Å². The fourth-order valence-corrected chi connectivity index (χ4v) is 6.09. The van der Waals surface area contributed by atoms with Crippen LogP contribution < -0.4 is 0 Å². The molecule has 3 aliphatic rings. The molecule has 0 aliphatic heterocycles. The number of methoxy groups -OCH3 is 1. The molecule has 23 heavy (non-hydrogen) atoms. The molecule has 0 amide bonds. The lowest BCUT2D eigenvalue weighted by Gasteiger charge is -2.58. The van der Waals surface area contributed by atoms with Gasteiger partial charge < -0.3 is 4.74 Å². The molecule has 0 heterocycles. The third kappa shape index (κ3) is 2.40. The molecule has 0 bridgehead atoms. The van der Waals surface area contributed by atoms with E-state index in [-0.39, 0.29) is 22.2 Å². The molecule has 0 radical (unpaired) electrons. The van der Waals surface area contributed by atoms with E-state index in [1.165, 1.54) is 19.3 Å². The van der Waals surface area contributed by atoms with E-state index in [0.717, 1.165) is 25.7 Å². The summed E-state index contributed by atoms with van der Waals surface area (Å²) in [5, 5.41) is 0. The summed E-state index contributed by atoms with van der Waals surface area (Å²) in [6, 6.07) is 0. The Morgan fingerprint density at radius 1 is 1.30 bits per heavy atom. The molecule has 0 aromatic carbocycles. The molecule has 0 aromatic rings. The van der Waals surface area contributed by atoms with Crippen molar-refractivity contribution >= 4 is 5.97 Å². The van der Waals surface area contributed by atoms with Gasteiger partial charge in [0.1, 0.15) is 0 Å². The second-order valence-electron chi connectivity index (χ2n) is 8.96. The molecule has 0 N–H and O–H groups in total. The molecule has 0 unspecified atom stereocenters. The van der Waals surface area contributed by atoms with Crippen molar-refractivity contribution in [3.05, 3.63) is 24.3 Å². The van der Waals surface area contributed by atoms with E-state index in [0.29, 0.717) is 11.8 Å². The van der Waals surface area contributed by atoms with Gasteiger partial charge in [0.25, 0.3) is 0 Å². The van der Waals surface area contributed by atoms with Crippen LogP contribution in [0.4, 0.5) is 0 Å². The molecule has 2 fully saturated rings. The van der Waals surface area contributed by atoms with Gasteiger partial charge in [-0.3, -0.25) is 4.79 Å². The lowest BCUT2D eigenvalue weighted by Crippen LogP contribution is -2.54. The maximum absolute atomic E-state index is 12.5. The molecule has 3 rings (SSSR count). The van der Waals surface area contributed by atoms with Gasteiger partial charge in [0, 0.05) is 0 Å². The van der Waals surface area contributed by atoms with Gasteiger partial charge in [-0.1, -0.05) is 38.0 Å². The predicted octanol–water partition coefficient (Wildman–Crippen LogP) is 5.29. The molecular formula is C21H32O2. The van der Waals surface area contributed by atoms with Crippen molar-refractivity contribution in [2.75, 3.05) is 7.11 Å². The van der Waals surface area contributed by atoms with Gasteiger partial charge in [0.05, 0.1) is 12.5 Å². The second kappa shape index (κ2) is 5.50. The molecule has 2 heteroatoms. The van der Waals surface area contributed by atoms with Crippen LogP contribution >= 0.6 is 0 Å². The van der Waals surface area contributed by atoms with Gasteiger partial charge in [-0.2, -0.15) is 0 Å².